The Balaban J connectivity index is 1.45. The van der Waals surface area contributed by atoms with Gasteiger partial charge in [-0.25, -0.2) is 9.18 Å². The van der Waals surface area contributed by atoms with Gasteiger partial charge in [-0.1, -0.05) is 42.5 Å². The van der Waals surface area contributed by atoms with Crippen molar-refractivity contribution in [1.29, 1.82) is 0 Å². The first kappa shape index (κ1) is 21.7. The van der Waals surface area contributed by atoms with Crippen LogP contribution in [-0.4, -0.2) is 41.9 Å². The van der Waals surface area contributed by atoms with Crippen molar-refractivity contribution in [2.24, 2.45) is 0 Å². The second-order valence-electron chi connectivity index (χ2n) is 7.21. The maximum atomic E-state index is 13.7. The van der Waals surface area contributed by atoms with Crippen LogP contribution in [0.1, 0.15) is 24.8 Å². The molecular weight excluding hydrogens is 389 g/mol. The van der Waals surface area contributed by atoms with Gasteiger partial charge in [0.1, 0.15) is 11.9 Å². The van der Waals surface area contributed by atoms with Crippen LogP contribution in [0.5, 0.6) is 0 Å². The quantitative estimate of drug-likeness (QED) is 0.558. The van der Waals surface area contributed by atoms with Gasteiger partial charge in [-0.2, -0.15) is 0 Å². The van der Waals surface area contributed by atoms with E-state index in [1.54, 1.807) is 6.07 Å². The highest BCUT2D eigenvalue weighted by Gasteiger charge is 2.33. The van der Waals surface area contributed by atoms with Gasteiger partial charge in [0.15, 0.2) is 0 Å². The van der Waals surface area contributed by atoms with Gasteiger partial charge in [-0.3, -0.25) is 4.79 Å². The minimum atomic E-state index is -0.642. The molecule has 0 saturated carbocycles. The van der Waals surface area contributed by atoms with E-state index in [9.17, 15) is 19.1 Å². The van der Waals surface area contributed by atoms with E-state index in [1.807, 2.05) is 30.3 Å². The monoisotopic (exact) mass is 415 g/mol. The molecule has 3 atom stereocenters. The van der Waals surface area contributed by atoms with Crippen LogP contribution in [0.4, 0.5) is 14.9 Å². The summed E-state index contributed by atoms with van der Waals surface area (Å²) in [5.74, 6) is -0.669. The number of benzene rings is 2. The number of carbonyl (C=O) groups excluding carboxylic acids is 2. The van der Waals surface area contributed by atoms with Gasteiger partial charge in [0, 0.05) is 6.54 Å². The van der Waals surface area contributed by atoms with Gasteiger partial charge < -0.3 is 25.8 Å². The van der Waals surface area contributed by atoms with Crippen LogP contribution in [0, 0.1) is 5.82 Å². The van der Waals surface area contributed by atoms with Gasteiger partial charge in [-0.05, 0) is 30.5 Å². The predicted octanol–water partition coefficient (Wildman–Crippen LogP) is 2.56. The van der Waals surface area contributed by atoms with Crippen LogP contribution in [-0.2, 0) is 16.1 Å². The first-order valence-corrected chi connectivity index (χ1v) is 9.94. The Bertz CT molecular complexity index is 849. The lowest BCUT2D eigenvalue weighted by Gasteiger charge is -2.35. The fraction of sp³-hybridized carbons (Fsp3) is 0.364. The van der Waals surface area contributed by atoms with E-state index >= 15 is 0 Å². The van der Waals surface area contributed by atoms with Gasteiger partial charge in [-0.15, -0.1) is 0 Å². The lowest BCUT2D eigenvalue weighted by Crippen LogP contribution is -2.52. The number of para-hydroxylation sites is 1. The fourth-order valence-electron chi connectivity index (χ4n) is 3.41. The summed E-state index contributed by atoms with van der Waals surface area (Å²) < 4.78 is 19.5. The van der Waals surface area contributed by atoms with Gasteiger partial charge in [0.05, 0.1) is 30.9 Å². The molecular formula is C22H26FN3O4. The smallest absolute Gasteiger partial charge is 0.319 e. The molecule has 160 valence electrons. The lowest BCUT2D eigenvalue weighted by molar-refractivity contribution is -0.130. The third-order valence-corrected chi connectivity index (χ3v) is 4.98. The van der Waals surface area contributed by atoms with E-state index in [0.29, 0.717) is 19.4 Å². The van der Waals surface area contributed by atoms with Crippen LogP contribution >= 0.6 is 0 Å². The molecule has 0 spiro atoms. The molecule has 2 aromatic carbocycles. The number of hydrogen-bond donors (Lipinski definition) is 4. The van der Waals surface area contributed by atoms with Crippen molar-refractivity contribution in [3.05, 3.63) is 66.0 Å². The maximum Gasteiger partial charge on any atom is 0.319 e. The third-order valence-electron chi connectivity index (χ3n) is 4.98. The van der Waals surface area contributed by atoms with E-state index in [4.69, 9.17) is 4.74 Å². The minimum Gasteiger partial charge on any atom is -0.394 e. The number of aliphatic hydroxyl groups excluding tert-OH is 1. The number of carbonyl (C=O) groups is 2. The molecule has 7 nitrogen and oxygen atoms in total. The highest BCUT2D eigenvalue weighted by molar-refractivity contribution is 5.89. The summed E-state index contributed by atoms with van der Waals surface area (Å²) in [5, 5.41) is 17.7. The minimum absolute atomic E-state index is 0.0697. The van der Waals surface area contributed by atoms with Crippen molar-refractivity contribution in [3.63, 3.8) is 0 Å². The summed E-state index contributed by atoms with van der Waals surface area (Å²) in [6, 6.07) is 14.4. The Morgan fingerprint density at radius 3 is 2.53 bits per heavy atom. The molecule has 1 fully saturated rings. The average Bonchev–Trinajstić information content (AvgIpc) is 2.75. The molecule has 0 aliphatic carbocycles. The Kier molecular flexibility index (Phi) is 7.75. The molecule has 0 unspecified atom stereocenters. The van der Waals surface area contributed by atoms with E-state index in [0.717, 1.165) is 5.56 Å². The Morgan fingerprint density at radius 1 is 1.07 bits per heavy atom. The molecule has 3 amide bonds. The fourth-order valence-corrected chi connectivity index (χ4v) is 3.41. The first-order valence-electron chi connectivity index (χ1n) is 9.94. The lowest BCUT2D eigenvalue weighted by atomic mass is 9.97. The number of halogens is 1. The number of urea groups is 1. The molecule has 1 aliphatic rings. The number of rotatable bonds is 7. The van der Waals surface area contributed by atoms with Crippen molar-refractivity contribution in [1.82, 2.24) is 10.6 Å². The molecule has 30 heavy (non-hydrogen) atoms. The Morgan fingerprint density at radius 2 is 1.80 bits per heavy atom. The van der Waals surface area contributed by atoms with Gasteiger partial charge >= 0.3 is 6.03 Å². The Hall–Kier alpha value is -2.97. The number of nitrogens with one attached hydrogen (secondary N) is 3. The SMILES string of the molecule is O=C(C[C@H]1CC[C@@H](NC(=O)Nc2ccccc2F)[C@@H](CO)O1)NCc1ccccc1. The van der Waals surface area contributed by atoms with Crippen molar-refractivity contribution in [2.45, 2.75) is 44.1 Å². The van der Waals surface area contributed by atoms with Gasteiger partial charge in [0.2, 0.25) is 5.91 Å². The van der Waals surface area contributed by atoms with E-state index in [1.165, 1.54) is 18.2 Å². The third kappa shape index (κ3) is 6.27. The summed E-state index contributed by atoms with van der Waals surface area (Å²) in [7, 11) is 0. The van der Waals surface area contributed by atoms with Crippen LogP contribution in [0.3, 0.4) is 0 Å². The first-order chi connectivity index (χ1) is 14.5. The number of amides is 3. The molecule has 0 radical (unpaired) electrons. The second kappa shape index (κ2) is 10.7. The van der Waals surface area contributed by atoms with Crippen LogP contribution in [0.15, 0.2) is 54.6 Å². The van der Waals surface area contributed by atoms with Crippen molar-refractivity contribution in [3.8, 4) is 0 Å². The molecule has 0 bridgehead atoms. The maximum absolute atomic E-state index is 13.7. The molecule has 0 aromatic heterocycles. The van der Waals surface area contributed by atoms with Crippen LogP contribution < -0.4 is 16.0 Å². The summed E-state index contributed by atoms with van der Waals surface area (Å²) in [6.45, 7) is 0.142. The van der Waals surface area contributed by atoms with E-state index in [2.05, 4.69) is 16.0 Å². The largest absolute Gasteiger partial charge is 0.394 e. The van der Waals surface area contributed by atoms with E-state index in [-0.39, 0.29) is 30.7 Å². The summed E-state index contributed by atoms with van der Waals surface area (Å²) >= 11 is 0. The molecule has 3 rings (SSSR count). The molecule has 8 heteroatoms. The Labute approximate surface area is 174 Å². The summed E-state index contributed by atoms with van der Waals surface area (Å²) in [4.78, 5) is 24.4. The predicted molar refractivity (Wildman–Crippen MR) is 110 cm³/mol. The molecule has 4 N–H and O–H groups in total. The zero-order valence-electron chi connectivity index (χ0n) is 16.5. The number of anilines is 1. The summed E-state index contributed by atoms with van der Waals surface area (Å²) in [6.07, 6.45) is 0.284. The zero-order chi connectivity index (χ0) is 21.3. The second-order valence-corrected chi connectivity index (χ2v) is 7.21. The zero-order valence-corrected chi connectivity index (χ0v) is 16.5. The topological polar surface area (TPSA) is 99.7 Å². The standard InChI is InChI=1S/C22H26FN3O4/c23-17-8-4-5-9-18(17)25-22(29)26-19-11-10-16(30-20(19)14-27)12-21(28)24-13-15-6-2-1-3-7-15/h1-9,16,19-20,27H,10-14H2,(H,24,28)(H2,25,26,29)/t16-,19-,20-/m1/s1. The number of hydrogen-bond acceptors (Lipinski definition) is 4. The van der Waals surface area contributed by atoms with Crippen LogP contribution in [0.2, 0.25) is 0 Å². The summed E-state index contributed by atoms with van der Waals surface area (Å²) in [5.41, 5.74) is 1.08. The molecule has 1 aliphatic heterocycles. The highest BCUT2D eigenvalue weighted by atomic mass is 19.1. The van der Waals surface area contributed by atoms with Crippen molar-refractivity contribution < 1.29 is 23.8 Å². The number of aliphatic hydroxyl groups is 1. The normalized spacial score (nSPS) is 20.9. The molecule has 1 heterocycles. The molecule has 1 saturated heterocycles. The average molecular weight is 415 g/mol. The molecule has 2 aromatic rings. The van der Waals surface area contributed by atoms with Crippen LogP contribution in [0.25, 0.3) is 0 Å². The van der Waals surface area contributed by atoms with Crippen molar-refractivity contribution >= 4 is 17.6 Å². The van der Waals surface area contributed by atoms with Gasteiger partial charge in [0.25, 0.3) is 0 Å². The number of ether oxygens (including phenoxy) is 1. The highest BCUT2D eigenvalue weighted by Crippen LogP contribution is 2.22. The van der Waals surface area contributed by atoms with Crippen molar-refractivity contribution in [2.75, 3.05) is 11.9 Å². The van der Waals surface area contributed by atoms with E-state index < -0.39 is 24.0 Å².